The summed E-state index contributed by atoms with van der Waals surface area (Å²) >= 11 is 0. The number of isocyanates is 1. The Morgan fingerprint density at radius 3 is 2.42 bits per heavy atom. The summed E-state index contributed by atoms with van der Waals surface area (Å²) in [5.74, 6) is -0.270. The normalized spacial score (nSPS) is 18.1. The van der Waals surface area contributed by atoms with Crippen molar-refractivity contribution in [1.82, 2.24) is 0 Å². The lowest BCUT2D eigenvalue weighted by molar-refractivity contribution is -0.137. The van der Waals surface area contributed by atoms with Gasteiger partial charge in [-0.05, 0) is 31.0 Å². The Hall–Kier alpha value is -1.81. The fraction of sp³-hybridized carbons (Fsp3) is 0.462. The maximum Gasteiger partial charge on any atom is 0.416 e. The topological polar surface area (TPSA) is 49.7 Å². The third-order valence-electron chi connectivity index (χ3n) is 3.52. The van der Waals surface area contributed by atoms with Crippen LogP contribution in [0.3, 0.4) is 0 Å². The quantitative estimate of drug-likeness (QED) is 0.661. The zero-order chi connectivity index (χ0) is 14.1. The van der Waals surface area contributed by atoms with E-state index in [0.29, 0.717) is 12.8 Å². The minimum atomic E-state index is -4.49. The number of carbonyl (C=O) groups excluding carboxylic acids is 1. The van der Waals surface area contributed by atoms with E-state index in [9.17, 15) is 23.1 Å². The molecule has 0 radical (unpaired) electrons. The van der Waals surface area contributed by atoms with E-state index in [2.05, 4.69) is 4.99 Å². The number of aliphatic imine (C=N–C) groups is 1. The van der Waals surface area contributed by atoms with E-state index < -0.39 is 17.3 Å². The van der Waals surface area contributed by atoms with Gasteiger partial charge in [-0.1, -0.05) is 12.8 Å². The number of hydrogen-bond acceptors (Lipinski definition) is 3. The number of benzene rings is 1. The highest BCUT2D eigenvalue weighted by Gasteiger charge is 2.40. The summed E-state index contributed by atoms with van der Waals surface area (Å²) in [5, 5.41) is 9.80. The van der Waals surface area contributed by atoms with E-state index in [0.717, 1.165) is 31.0 Å². The van der Waals surface area contributed by atoms with Gasteiger partial charge in [-0.25, -0.2) is 4.79 Å². The second-order valence-corrected chi connectivity index (χ2v) is 4.67. The summed E-state index contributed by atoms with van der Waals surface area (Å²) in [6.07, 6.45) is -0.691. The van der Waals surface area contributed by atoms with Crippen LogP contribution in [0.15, 0.2) is 23.2 Å². The molecule has 1 fully saturated rings. The highest BCUT2D eigenvalue weighted by atomic mass is 19.4. The lowest BCUT2D eigenvalue weighted by Crippen LogP contribution is -2.20. The van der Waals surface area contributed by atoms with E-state index in [-0.39, 0.29) is 11.3 Å². The zero-order valence-corrected chi connectivity index (χ0v) is 10.00. The van der Waals surface area contributed by atoms with Crippen LogP contribution in [-0.2, 0) is 16.5 Å². The van der Waals surface area contributed by atoms with Crippen molar-refractivity contribution >= 4 is 6.08 Å². The van der Waals surface area contributed by atoms with Gasteiger partial charge in [-0.3, -0.25) is 0 Å². The van der Waals surface area contributed by atoms with Crippen molar-refractivity contribution in [2.45, 2.75) is 37.4 Å². The third-order valence-corrected chi connectivity index (χ3v) is 3.52. The molecular formula is C13H12F3NO2. The van der Waals surface area contributed by atoms with Gasteiger partial charge in [-0.15, -0.1) is 0 Å². The van der Waals surface area contributed by atoms with Gasteiger partial charge in [0.05, 0.1) is 5.56 Å². The van der Waals surface area contributed by atoms with Crippen molar-refractivity contribution in [2.75, 3.05) is 0 Å². The first kappa shape index (κ1) is 13.6. The number of rotatable bonds is 2. The number of alkyl halides is 3. The Morgan fingerprint density at radius 1 is 1.26 bits per heavy atom. The lowest BCUT2D eigenvalue weighted by atomic mass is 9.87. The molecule has 0 atom stereocenters. The minimum Gasteiger partial charge on any atom is -0.508 e. The summed E-state index contributed by atoms with van der Waals surface area (Å²) < 4.78 is 38.1. The van der Waals surface area contributed by atoms with Gasteiger partial charge in [0.1, 0.15) is 11.3 Å². The molecule has 3 nitrogen and oxygen atoms in total. The van der Waals surface area contributed by atoms with Gasteiger partial charge in [0.2, 0.25) is 6.08 Å². The Morgan fingerprint density at radius 2 is 1.89 bits per heavy atom. The van der Waals surface area contributed by atoms with E-state index in [1.165, 1.54) is 6.08 Å². The SMILES string of the molecule is O=C=NC1(c2cc(C(F)(F)F)ccc2O)CCCC1. The first-order chi connectivity index (χ1) is 8.89. The van der Waals surface area contributed by atoms with Crippen molar-refractivity contribution in [1.29, 1.82) is 0 Å². The predicted octanol–water partition coefficient (Wildman–Crippen LogP) is 3.52. The fourth-order valence-electron chi connectivity index (χ4n) is 2.57. The van der Waals surface area contributed by atoms with Crippen LogP contribution >= 0.6 is 0 Å². The number of nitrogens with zero attached hydrogens (tertiary/aromatic N) is 1. The van der Waals surface area contributed by atoms with Gasteiger partial charge < -0.3 is 5.11 Å². The molecule has 1 saturated carbocycles. The van der Waals surface area contributed by atoms with E-state index in [1.54, 1.807) is 0 Å². The maximum atomic E-state index is 12.7. The second-order valence-electron chi connectivity index (χ2n) is 4.67. The van der Waals surface area contributed by atoms with E-state index in [4.69, 9.17) is 0 Å². The Balaban J connectivity index is 2.57. The summed E-state index contributed by atoms with van der Waals surface area (Å²) in [6, 6.07) is 2.69. The number of hydrogen-bond donors (Lipinski definition) is 1. The molecule has 1 aliphatic rings. The molecule has 0 bridgehead atoms. The molecule has 1 aromatic carbocycles. The lowest BCUT2D eigenvalue weighted by Gasteiger charge is -2.24. The number of phenols is 1. The monoisotopic (exact) mass is 271 g/mol. The van der Waals surface area contributed by atoms with Gasteiger partial charge >= 0.3 is 6.18 Å². The molecule has 1 aromatic rings. The molecule has 0 saturated heterocycles. The second kappa shape index (κ2) is 4.70. The van der Waals surface area contributed by atoms with E-state index in [1.807, 2.05) is 0 Å². The Bertz CT molecular complexity index is 527. The van der Waals surface area contributed by atoms with Crippen LogP contribution in [-0.4, -0.2) is 11.2 Å². The summed E-state index contributed by atoms with van der Waals surface area (Å²) in [7, 11) is 0. The van der Waals surface area contributed by atoms with Gasteiger partial charge in [0, 0.05) is 5.56 Å². The van der Waals surface area contributed by atoms with Crippen molar-refractivity contribution < 1.29 is 23.1 Å². The van der Waals surface area contributed by atoms with Crippen LogP contribution in [0.25, 0.3) is 0 Å². The number of phenolic OH excluding ortho intramolecular Hbond substituents is 1. The number of halogens is 3. The standard InChI is InChI=1S/C13H12F3NO2/c14-13(15,16)9-3-4-11(19)10(7-9)12(17-8-18)5-1-2-6-12/h3-4,7,19H,1-2,5-6H2. The number of aromatic hydroxyl groups is 1. The molecule has 0 heterocycles. The molecule has 19 heavy (non-hydrogen) atoms. The molecule has 0 aromatic heterocycles. The Labute approximate surface area is 107 Å². The molecule has 6 heteroatoms. The molecule has 102 valence electrons. The smallest absolute Gasteiger partial charge is 0.416 e. The first-order valence-corrected chi connectivity index (χ1v) is 5.89. The maximum absolute atomic E-state index is 12.7. The third kappa shape index (κ3) is 2.49. The highest BCUT2D eigenvalue weighted by molar-refractivity contribution is 5.46. The van der Waals surface area contributed by atoms with Crippen LogP contribution in [0.1, 0.15) is 36.8 Å². The molecule has 2 rings (SSSR count). The van der Waals surface area contributed by atoms with Gasteiger partial charge in [0.25, 0.3) is 0 Å². The molecule has 0 amide bonds. The molecule has 1 N–H and O–H groups in total. The van der Waals surface area contributed by atoms with Crippen molar-refractivity contribution in [3.05, 3.63) is 29.3 Å². The van der Waals surface area contributed by atoms with Crippen LogP contribution in [0.2, 0.25) is 0 Å². The fourth-order valence-corrected chi connectivity index (χ4v) is 2.57. The summed E-state index contributed by atoms with van der Waals surface area (Å²) in [6.45, 7) is 0. The predicted molar refractivity (Wildman–Crippen MR) is 61.4 cm³/mol. The molecule has 0 unspecified atom stereocenters. The van der Waals surface area contributed by atoms with Gasteiger partial charge in [0.15, 0.2) is 0 Å². The summed E-state index contributed by atoms with van der Waals surface area (Å²) in [5.41, 5.74) is -1.86. The van der Waals surface area contributed by atoms with Crippen molar-refractivity contribution in [2.24, 2.45) is 4.99 Å². The minimum absolute atomic E-state index is 0.0585. The van der Waals surface area contributed by atoms with Crippen molar-refractivity contribution in [3.63, 3.8) is 0 Å². The van der Waals surface area contributed by atoms with Gasteiger partial charge in [-0.2, -0.15) is 18.2 Å². The average molecular weight is 271 g/mol. The van der Waals surface area contributed by atoms with Crippen LogP contribution in [0, 0.1) is 0 Å². The largest absolute Gasteiger partial charge is 0.508 e. The van der Waals surface area contributed by atoms with Crippen LogP contribution in [0.4, 0.5) is 13.2 Å². The zero-order valence-electron chi connectivity index (χ0n) is 10.00. The van der Waals surface area contributed by atoms with E-state index >= 15 is 0 Å². The van der Waals surface area contributed by atoms with Crippen molar-refractivity contribution in [3.8, 4) is 5.75 Å². The molecule has 1 aliphatic carbocycles. The highest BCUT2D eigenvalue weighted by Crippen LogP contribution is 2.46. The average Bonchev–Trinajstić information content (AvgIpc) is 2.78. The van der Waals surface area contributed by atoms with Crippen LogP contribution in [0.5, 0.6) is 5.75 Å². The molecule has 0 spiro atoms. The molecule has 0 aliphatic heterocycles. The summed E-state index contributed by atoms with van der Waals surface area (Å²) in [4.78, 5) is 14.2. The van der Waals surface area contributed by atoms with Crippen LogP contribution < -0.4 is 0 Å². The molecular weight excluding hydrogens is 259 g/mol. The first-order valence-electron chi connectivity index (χ1n) is 5.89. The Kier molecular flexibility index (Phi) is 3.37.